The number of ether oxygens (including phenoxy) is 3. The number of hydrogen-bond acceptors (Lipinski definition) is 8. The zero-order valence-corrected chi connectivity index (χ0v) is 21.2. The van der Waals surface area contributed by atoms with E-state index in [4.69, 9.17) is 42.5 Å². The largest absolute Gasteiger partial charge is 0.506 e. The molecule has 0 spiro atoms. The highest BCUT2D eigenvalue weighted by atomic mass is 35.5. The van der Waals surface area contributed by atoms with E-state index in [0.717, 1.165) is 11.8 Å². The van der Waals surface area contributed by atoms with Crippen molar-refractivity contribution in [2.75, 3.05) is 20.3 Å². The Kier molecular flexibility index (Phi) is 9.03. The topological polar surface area (TPSA) is 132 Å². The maximum Gasteiger partial charge on any atom is 0.344 e. The van der Waals surface area contributed by atoms with Gasteiger partial charge in [-0.15, -0.1) is 0 Å². The van der Waals surface area contributed by atoms with Crippen LogP contribution in [0.2, 0.25) is 10.0 Å². The van der Waals surface area contributed by atoms with Gasteiger partial charge in [0.25, 0.3) is 5.91 Å². The van der Waals surface area contributed by atoms with E-state index in [2.05, 4.69) is 4.99 Å². The highest BCUT2D eigenvalue weighted by molar-refractivity contribution is 8.18. The van der Waals surface area contributed by atoms with Crippen LogP contribution >= 0.6 is 35.0 Å². The SMILES string of the molecule is CCOC(=O)C1=C(O)/C(=C/c2cc(Cl)c(OCC(=O)O)c(OC)c2)SC1=NC(=O)c1ccccc1Cl. The number of carboxylic acid groups (broad SMARTS) is 1. The second kappa shape index (κ2) is 12.0. The summed E-state index contributed by atoms with van der Waals surface area (Å²) in [4.78, 5) is 40.3. The number of aliphatic imine (C=N–C) groups is 1. The predicted molar refractivity (Wildman–Crippen MR) is 136 cm³/mol. The Morgan fingerprint density at radius 2 is 1.86 bits per heavy atom. The molecular weight excluding hydrogens is 533 g/mol. The molecule has 0 atom stereocenters. The van der Waals surface area contributed by atoms with E-state index in [1.165, 1.54) is 37.5 Å². The number of esters is 1. The van der Waals surface area contributed by atoms with Crippen molar-refractivity contribution in [1.82, 2.24) is 0 Å². The number of aliphatic hydroxyl groups excluding tert-OH is 1. The summed E-state index contributed by atoms with van der Waals surface area (Å²) in [7, 11) is 1.35. The third-order valence-corrected chi connectivity index (χ3v) is 6.20. The molecule has 1 aliphatic rings. The Morgan fingerprint density at radius 1 is 1.14 bits per heavy atom. The summed E-state index contributed by atoms with van der Waals surface area (Å²) in [5.41, 5.74) is 0.282. The van der Waals surface area contributed by atoms with E-state index in [-0.39, 0.29) is 49.2 Å². The molecule has 2 aromatic rings. The first-order valence-corrected chi connectivity index (χ1v) is 11.8. The van der Waals surface area contributed by atoms with Gasteiger partial charge in [-0.25, -0.2) is 14.6 Å². The van der Waals surface area contributed by atoms with Gasteiger partial charge in [-0.2, -0.15) is 0 Å². The van der Waals surface area contributed by atoms with Crippen LogP contribution in [0.3, 0.4) is 0 Å². The fourth-order valence-electron chi connectivity index (χ4n) is 3.03. The normalized spacial score (nSPS) is 15.3. The Hall–Kier alpha value is -3.47. The minimum absolute atomic E-state index is 0.0300. The van der Waals surface area contributed by atoms with Crippen molar-refractivity contribution < 1.29 is 38.8 Å². The van der Waals surface area contributed by atoms with Crippen molar-refractivity contribution in [3.8, 4) is 11.5 Å². The van der Waals surface area contributed by atoms with Crippen LogP contribution in [0.25, 0.3) is 6.08 Å². The quantitative estimate of drug-likeness (QED) is 0.426. The number of carbonyl (C=O) groups is 3. The molecule has 0 radical (unpaired) electrons. The van der Waals surface area contributed by atoms with E-state index < -0.39 is 30.2 Å². The maximum atomic E-state index is 12.7. The summed E-state index contributed by atoms with van der Waals surface area (Å²) in [6.07, 6.45) is 1.48. The number of hydrogen-bond donors (Lipinski definition) is 2. The Balaban J connectivity index is 2.03. The summed E-state index contributed by atoms with van der Waals surface area (Å²) in [6.45, 7) is 1.01. The lowest BCUT2D eigenvalue weighted by Crippen LogP contribution is -2.14. The van der Waals surface area contributed by atoms with Gasteiger partial charge in [0.1, 0.15) is 16.4 Å². The average molecular weight is 552 g/mol. The summed E-state index contributed by atoms with van der Waals surface area (Å²) in [6, 6.07) is 9.25. The zero-order chi connectivity index (χ0) is 26.4. The number of carboxylic acids is 1. The third kappa shape index (κ3) is 6.20. The standard InChI is InChI=1S/C24H19Cl2NO8S/c1-3-34-24(32)19-20(30)17(36-23(19)27-22(31)13-6-4-5-7-14(13)25)10-12-8-15(26)21(16(9-12)33-2)35-11-18(28)29/h4-10,30H,3,11H2,1-2H3,(H,28,29)/b17-10-,27-23?. The summed E-state index contributed by atoms with van der Waals surface area (Å²) in [5, 5.41) is 19.9. The molecule has 1 heterocycles. The van der Waals surface area contributed by atoms with Gasteiger partial charge in [-0.1, -0.05) is 47.1 Å². The van der Waals surface area contributed by atoms with Gasteiger partial charge in [0, 0.05) is 0 Å². The van der Waals surface area contributed by atoms with E-state index in [1.807, 2.05) is 0 Å². The number of nitrogens with zero attached hydrogens (tertiary/aromatic N) is 1. The van der Waals surface area contributed by atoms with Gasteiger partial charge in [-0.3, -0.25) is 4.79 Å². The molecule has 0 fully saturated rings. The van der Waals surface area contributed by atoms with E-state index in [1.54, 1.807) is 19.1 Å². The number of amides is 1. The molecule has 188 valence electrons. The third-order valence-electron chi connectivity index (χ3n) is 4.57. The minimum Gasteiger partial charge on any atom is -0.506 e. The average Bonchev–Trinajstić information content (AvgIpc) is 3.12. The van der Waals surface area contributed by atoms with E-state index in [0.29, 0.717) is 5.56 Å². The first-order chi connectivity index (χ1) is 17.2. The minimum atomic E-state index is -1.19. The number of carbonyl (C=O) groups excluding carboxylic acids is 2. The number of rotatable bonds is 8. The molecule has 36 heavy (non-hydrogen) atoms. The first-order valence-electron chi connectivity index (χ1n) is 10.3. The van der Waals surface area contributed by atoms with Crippen molar-refractivity contribution in [3.05, 3.63) is 73.8 Å². The van der Waals surface area contributed by atoms with Crippen molar-refractivity contribution in [2.24, 2.45) is 4.99 Å². The molecule has 1 aliphatic heterocycles. The molecule has 0 saturated heterocycles. The van der Waals surface area contributed by atoms with Crippen LogP contribution in [0.15, 0.2) is 57.6 Å². The number of aliphatic carboxylic acids is 1. The molecule has 12 heteroatoms. The van der Waals surface area contributed by atoms with E-state index >= 15 is 0 Å². The fraction of sp³-hybridized carbons (Fsp3) is 0.167. The molecule has 2 N–H and O–H groups in total. The molecule has 1 amide bonds. The summed E-state index contributed by atoms with van der Waals surface area (Å²) < 4.78 is 15.5. The van der Waals surface area contributed by atoms with Gasteiger partial charge in [0.2, 0.25) is 0 Å². The Morgan fingerprint density at radius 3 is 2.50 bits per heavy atom. The van der Waals surface area contributed by atoms with Gasteiger partial charge in [-0.05, 0) is 42.8 Å². The molecule has 0 aromatic heterocycles. The zero-order valence-electron chi connectivity index (χ0n) is 18.9. The van der Waals surface area contributed by atoms with Crippen LogP contribution in [0, 0.1) is 0 Å². The molecule has 2 aromatic carbocycles. The maximum absolute atomic E-state index is 12.7. The van der Waals surface area contributed by atoms with Crippen molar-refractivity contribution in [3.63, 3.8) is 0 Å². The lowest BCUT2D eigenvalue weighted by molar-refractivity contribution is -0.139. The number of methoxy groups -OCH3 is 1. The summed E-state index contributed by atoms with van der Waals surface area (Å²) >= 11 is 13.2. The van der Waals surface area contributed by atoms with Crippen LogP contribution < -0.4 is 9.47 Å². The number of thioether (sulfide) groups is 1. The molecule has 9 nitrogen and oxygen atoms in total. The highest BCUT2D eigenvalue weighted by Gasteiger charge is 2.34. The van der Waals surface area contributed by atoms with Gasteiger partial charge in [0.15, 0.2) is 18.1 Å². The molecule has 0 unspecified atom stereocenters. The smallest absolute Gasteiger partial charge is 0.344 e. The van der Waals surface area contributed by atoms with Crippen molar-refractivity contribution >= 4 is 63.9 Å². The number of halogens is 2. The van der Waals surface area contributed by atoms with Gasteiger partial charge >= 0.3 is 11.9 Å². The Bertz CT molecular complexity index is 1320. The molecule has 0 aliphatic carbocycles. The van der Waals surface area contributed by atoms with Crippen LogP contribution in [0.1, 0.15) is 22.8 Å². The molecule has 0 bridgehead atoms. The summed E-state index contributed by atoms with van der Waals surface area (Å²) in [5.74, 6) is -3.02. The Labute approximate surface area is 220 Å². The predicted octanol–water partition coefficient (Wildman–Crippen LogP) is 5.17. The second-order valence-corrected chi connectivity index (χ2v) is 8.82. The molecule has 3 rings (SSSR count). The lowest BCUT2D eigenvalue weighted by Gasteiger charge is -2.12. The fourth-order valence-corrected chi connectivity index (χ4v) is 4.53. The van der Waals surface area contributed by atoms with Crippen LogP contribution in [-0.4, -0.2) is 53.4 Å². The number of benzene rings is 2. The lowest BCUT2D eigenvalue weighted by atomic mass is 10.1. The van der Waals surface area contributed by atoms with Crippen molar-refractivity contribution in [2.45, 2.75) is 6.92 Å². The highest BCUT2D eigenvalue weighted by Crippen LogP contribution is 2.42. The van der Waals surface area contributed by atoms with Crippen LogP contribution in [0.5, 0.6) is 11.5 Å². The van der Waals surface area contributed by atoms with Crippen LogP contribution in [-0.2, 0) is 14.3 Å². The first kappa shape index (κ1) is 27.1. The van der Waals surface area contributed by atoms with Gasteiger partial charge in [0.05, 0.1) is 34.2 Å². The van der Waals surface area contributed by atoms with Crippen LogP contribution in [0.4, 0.5) is 0 Å². The number of aliphatic hydroxyl groups is 1. The monoisotopic (exact) mass is 551 g/mol. The second-order valence-electron chi connectivity index (χ2n) is 6.97. The van der Waals surface area contributed by atoms with Crippen molar-refractivity contribution in [1.29, 1.82) is 0 Å². The molecule has 0 saturated carbocycles. The van der Waals surface area contributed by atoms with Gasteiger partial charge < -0.3 is 24.4 Å². The van der Waals surface area contributed by atoms with E-state index in [9.17, 15) is 19.5 Å². The molecular formula is C24H19Cl2NO8S.